The van der Waals surface area contributed by atoms with Gasteiger partial charge in [0.05, 0.1) is 10.9 Å². The van der Waals surface area contributed by atoms with Gasteiger partial charge in [-0.25, -0.2) is 4.98 Å². The van der Waals surface area contributed by atoms with Gasteiger partial charge in [-0.2, -0.15) is 0 Å². The molecule has 1 amide bonds. The van der Waals surface area contributed by atoms with E-state index in [9.17, 15) is 4.79 Å². The van der Waals surface area contributed by atoms with Crippen molar-refractivity contribution in [2.45, 2.75) is 32.6 Å². The highest BCUT2D eigenvalue weighted by Gasteiger charge is 2.30. The third-order valence-corrected chi connectivity index (χ3v) is 4.79. The highest BCUT2D eigenvalue weighted by atomic mass is 16.5. The van der Waals surface area contributed by atoms with Gasteiger partial charge in [0.2, 0.25) is 0 Å². The van der Waals surface area contributed by atoms with Gasteiger partial charge in [-0.3, -0.25) is 4.79 Å². The second kappa shape index (κ2) is 6.31. The second-order valence-corrected chi connectivity index (χ2v) is 6.42. The average molecular weight is 335 g/mol. The van der Waals surface area contributed by atoms with E-state index in [-0.39, 0.29) is 5.91 Å². The molecule has 0 aliphatic heterocycles. The summed E-state index contributed by atoms with van der Waals surface area (Å²) in [6.07, 6.45) is 2.24. The molecule has 0 radical (unpaired) electrons. The van der Waals surface area contributed by atoms with Crippen molar-refractivity contribution in [1.29, 1.82) is 0 Å². The lowest BCUT2D eigenvalue weighted by molar-refractivity contribution is 0.0774. The summed E-state index contributed by atoms with van der Waals surface area (Å²) in [4.78, 5) is 19.6. The maximum absolute atomic E-state index is 13.1. The molecule has 128 valence electrons. The zero-order valence-corrected chi connectivity index (χ0v) is 14.5. The molecular formula is C20H21N3O2. The van der Waals surface area contributed by atoms with Crippen LogP contribution in [-0.2, 0) is 0 Å². The highest BCUT2D eigenvalue weighted by Crippen LogP contribution is 2.41. The van der Waals surface area contributed by atoms with E-state index in [0.717, 1.165) is 24.1 Å². The Labute approximate surface area is 146 Å². The quantitative estimate of drug-likeness (QED) is 0.699. The Morgan fingerprint density at radius 2 is 1.92 bits per heavy atom. The first kappa shape index (κ1) is 15.8. The minimum atomic E-state index is 0.0136. The van der Waals surface area contributed by atoms with Crippen molar-refractivity contribution in [3.8, 4) is 11.3 Å². The van der Waals surface area contributed by atoms with E-state index in [4.69, 9.17) is 4.52 Å². The number of fused-ring (bicyclic) bond motifs is 1. The molecule has 3 aromatic rings. The van der Waals surface area contributed by atoms with Crippen LogP contribution < -0.4 is 0 Å². The number of rotatable bonds is 5. The lowest BCUT2D eigenvalue weighted by Crippen LogP contribution is -2.30. The first-order chi connectivity index (χ1) is 12.2. The van der Waals surface area contributed by atoms with Crippen molar-refractivity contribution in [2.75, 3.05) is 13.1 Å². The van der Waals surface area contributed by atoms with Gasteiger partial charge in [-0.1, -0.05) is 35.5 Å². The van der Waals surface area contributed by atoms with Crippen LogP contribution in [-0.4, -0.2) is 34.0 Å². The smallest absolute Gasteiger partial charge is 0.259 e. The van der Waals surface area contributed by atoms with Crippen LogP contribution in [0.2, 0.25) is 0 Å². The molecule has 1 saturated carbocycles. The van der Waals surface area contributed by atoms with Crippen molar-refractivity contribution in [3.05, 3.63) is 47.7 Å². The zero-order valence-electron chi connectivity index (χ0n) is 14.5. The van der Waals surface area contributed by atoms with Gasteiger partial charge >= 0.3 is 0 Å². The first-order valence-electron chi connectivity index (χ1n) is 8.88. The minimum Gasteiger partial charge on any atom is -0.339 e. The topological polar surface area (TPSA) is 59.2 Å². The van der Waals surface area contributed by atoms with Crippen LogP contribution in [0.15, 0.2) is 40.9 Å². The van der Waals surface area contributed by atoms with Gasteiger partial charge in [0, 0.05) is 30.3 Å². The summed E-state index contributed by atoms with van der Waals surface area (Å²) in [7, 11) is 0. The number of pyridine rings is 1. The number of nitrogens with zero attached hydrogens (tertiary/aromatic N) is 3. The van der Waals surface area contributed by atoms with Crippen LogP contribution in [0.4, 0.5) is 0 Å². The molecule has 25 heavy (non-hydrogen) atoms. The third kappa shape index (κ3) is 2.80. The van der Waals surface area contributed by atoms with E-state index >= 15 is 0 Å². The van der Waals surface area contributed by atoms with E-state index in [1.807, 2.05) is 55.1 Å². The van der Waals surface area contributed by atoms with Gasteiger partial charge in [0.1, 0.15) is 5.69 Å². The maximum Gasteiger partial charge on any atom is 0.259 e. The van der Waals surface area contributed by atoms with Crippen LogP contribution in [0.1, 0.15) is 48.7 Å². The van der Waals surface area contributed by atoms with Gasteiger partial charge in [-0.05, 0) is 32.8 Å². The fourth-order valence-electron chi connectivity index (χ4n) is 3.20. The zero-order chi connectivity index (χ0) is 17.4. The summed E-state index contributed by atoms with van der Waals surface area (Å²) in [6.45, 7) is 5.33. The van der Waals surface area contributed by atoms with Gasteiger partial charge in [-0.15, -0.1) is 0 Å². The Kier molecular flexibility index (Phi) is 3.99. The second-order valence-electron chi connectivity index (χ2n) is 6.42. The monoisotopic (exact) mass is 335 g/mol. The van der Waals surface area contributed by atoms with Crippen molar-refractivity contribution in [2.24, 2.45) is 0 Å². The fourth-order valence-corrected chi connectivity index (χ4v) is 3.20. The molecule has 0 saturated heterocycles. The molecule has 1 aliphatic carbocycles. The maximum atomic E-state index is 13.1. The molecule has 5 heteroatoms. The van der Waals surface area contributed by atoms with Crippen LogP contribution in [0.25, 0.3) is 22.4 Å². The van der Waals surface area contributed by atoms with Crippen molar-refractivity contribution >= 4 is 17.0 Å². The highest BCUT2D eigenvalue weighted by molar-refractivity contribution is 6.09. The Balaban J connectivity index is 1.93. The summed E-state index contributed by atoms with van der Waals surface area (Å²) < 4.78 is 5.53. The fraction of sp³-hybridized carbons (Fsp3) is 0.350. The molecule has 0 bridgehead atoms. The van der Waals surface area contributed by atoms with Crippen LogP contribution >= 0.6 is 0 Å². The van der Waals surface area contributed by atoms with Crippen molar-refractivity contribution < 1.29 is 9.32 Å². The number of amides is 1. The molecular weight excluding hydrogens is 314 g/mol. The molecule has 0 spiro atoms. The summed E-state index contributed by atoms with van der Waals surface area (Å²) in [5.74, 6) is 0.456. The average Bonchev–Trinajstić information content (AvgIpc) is 3.42. The molecule has 0 unspecified atom stereocenters. The standard InChI is InChI=1S/C20H21N3O2/c1-3-23(4-2)20(24)15-12-16(13-10-11-13)21-19-17(15)18(22-25-19)14-8-6-5-7-9-14/h5-9,12-13H,3-4,10-11H2,1-2H3. The molecule has 0 N–H and O–H groups in total. The summed E-state index contributed by atoms with van der Waals surface area (Å²) in [5.41, 5.74) is 3.66. The molecule has 1 fully saturated rings. The normalized spacial score (nSPS) is 14.0. The van der Waals surface area contributed by atoms with Crippen molar-refractivity contribution in [3.63, 3.8) is 0 Å². The summed E-state index contributed by atoms with van der Waals surface area (Å²) >= 11 is 0. The summed E-state index contributed by atoms with van der Waals surface area (Å²) in [6, 6.07) is 11.7. The van der Waals surface area contributed by atoms with Gasteiger partial charge < -0.3 is 9.42 Å². The van der Waals surface area contributed by atoms with Crippen molar-refractivity contribution in [1.82, 2.24) is 15.0 Å². The largest absolute Gasteiger partial charge is 0.339 e. The van der Waals surface area contributed by atoms with E-state index in [0.29, 0.717) is 41.4 Å². The first-order valence-corrected chi connectivity index (χ1v) is 8.88. The Morgan fingerprint density at radius 3 is 2.56 bits per heavy atom. The third-order valence-electron chi connectivity index (χ3n) is 4.79. The van der Waals surface area contributed by atoms with E-state index in [1.165, 1.54) is 0 Å². The number of hydrogen-bond acceptors (Lipinski definition) is 4. The molecule has 0 atom stereocenters. The van der Waals surface area contributed by atoms with Gasteiger partial charge in [0.15, 0.2) is 0 Å². The summed E-state index contributed by atoms with van der Waals surface area (Å²) in [5, 5.41) is 4.95. The number of hydrogen-bond donors (Lipinski definition) is 0. The lowest BCUT2D eigenvalue weighted by Gasteiger charge is -2.19. The molecule has 2 aromatic heterocycles. The number of carbonyl (C=O) groups excluding carboxylic acids is 1. The van der Waals surface area contributed by atoms with E-state index < -0.39 is 0 Å². The van der Waals surface area contributed by atoms with Crippen LogP contribution in [0.5, 0.6) is 0 Å². The van der Waals surface area contributed by atoms with E-state index in [2.05, 4.69) is 10.1 Å². The Morgan fingerprint density at radius 1 is 1.20 bits per heavy atom. The number of aromatic nitrogens is 2. The molecule has 4 rings (SSSR count). The van der Waals surface area contributed by atoms with Gasteiger partial charge in [0.25, 0.3) is 11.6 Å². The SMILES string of the molecule is CCN(CC)C(=O)c1cc(C2CC2)nc2onc(-c3ccccc3)c12. The predicted molar refractivity (Wildman–Crippen MR) is 96.5 cm³/mol. The van der Waals surface area contributed by atoms with E-state index in [1.54, 1.807) is 0 Å². The number of carbonyl (C=O) groups is 1. The van der Waals surface area contributed by atoms with Crippen LogP contribution in [0.3, 0.4) is 0 Å². The molecule has 1 aromatic carbocycles. The minimum absolute atomic E-state index is 0.0136. The Hall–Kier alpha value is -2.69. The van der Waals surface area contributed by atoms with Crippen LogP contribution in [0, 0.1) is 0 Å². The predicted octanol–water partition coefficient (Wildman–Crippen LogP) is 4.25. The molecule has 1 aliphatic rings. The lowest BCUT2D eigenvalue weighted by atomic mass is 10.0. The number of benzene rings is 1. The molecule has 2 heterocycles. The Bertz CT molecular complexity index is 909. The molecule has 5 nitrogen and oxygen atoms in total.